The van der Waals surface area contributed by atoms with Crippen molar-refractivity contribution in [3.63, 3.8) is 0 Å². The number of rotatable bonds is 11. The summed E-state index contributed by atoms with van der Waals surface area (Å²) in [6, 6.07) is 20.7. The van der Waals surface area contributed by atoms with Crippen LogP contribution in [0.4, 0.5) is 0 Å². The van der Waals surface area contributed by atoms with E-state index in [-0.39, 0.29) is 6.10 Å². The molecule has 0 amide bonds. The zero-order chi connectivity index (χ0) is 29.6. The summed E-state index contributed by atoms with van der Waals surface area (Å²) in [4.78, 5) is 6.64. The fourth-order valence-corrected chi connectivity index (χ4v) is 6.37. The number of fused-ring (bicyclic) bond motifs is 1. The molecule has 4 aromatic rings. The molecule has 6 rings (SSSR count). The van der Waals surface area contributed by atoms with Gasteiger partial charge in [0.15, 0.2) is 0 Å². The Bertz CT molecular complexity index is 1540. The molecule has 2 aliphatic heterocycles. The second-order valence-electron chi connectivity index (χ2n) is 11.3. The molecule has 1 saturated heterocycles. The second kappa shape index (κ2) is 13.7. The van der Waals surface area contributed by atoms with Gasteiger partial charge in [0.25, 0.3) is 0 Å². The summed E-state index contributed by atoms with van der Waals surface area (Å²) in [5, 5.41) is 1.05. The fraction of sp³-hybridized carbons (Fsp3) is 0.343. The molecule has 43 heavy (non-hydrogen) atoms. The number of hydrogen-bond acceptors (Lipinski definition) is 5. The van der Waals surface area contributed by atoms with E-state index in [0.29, 0.717) is 29.8 Å². The van der Waals surface area contributed by atoms with Crippen molar-refractivity contribution in [1.29, 1.82) is 0 Å². The molecule has 0 spiro atoms. The Morgan fingerprint density at radius 2 is 1.95 bits per heavy atom. The normalized spacial score (nSPS) is 20.5. The van der Waals surface area contributed by atoms with Gasteiger partial charge in [0, 0.05) is 42.6 Å². The summed E-state index contributed by atoms with van der Waals surface area (Å²) in [7, 11) is 0. The van der Waals surface area contributed by atoms with Gasteiger partial charge in [0.05, 0.1) is 24.5 Å². The molecule has 1 fully saturated rings. The van der Waals surface area contributed by atoms with Crippen LogP contribution in [0.1, 0.15) is 41.2 Å². The minimum atomic E-state index is -1.07. The Morgan fingerprint density at radius 3 is 2.74 bits per heavy atom. The van der Waals surface area contributed by atoms with E-state index in [2.05, 4.69) is 71.4 Å². The SMILES string of the molecule is CCCc1ccc(C=CCN2CCc3cc(OC[C@H]4CO[C@](Cn5ccnc5)(c5ccc(Cl)cc5Cl)O4)ccc3C2)cc1. The third kappa shape index (κ3) is 7.34. The summed E-state index contributed by atoms with van der Waals surface area (Å²) in [6.07, 6.45) is 12.9. The Labute approximate surface area is 263 Å². The van der Waals surface area contributed by atoms with Gasteiger partial charge in [-0.2, -0.15) is 0 Å². The van der Waals surface area contributed by atoms with Crippen LogP contribution in [0.3, 0.4) is 0 Å². The molecular formula is C35H37Cl2N3O3. The summed E-state index contributed by atoms with van der Waals surface area (Å²) in [5.74, 6) is -0.221. The first-order chi connectivity index (χ1) is 21.0. The van der Waals surface area contributed by atoms with Gasteiger partial charge in [-0.3, -0.25) is 4.90 Å². The average molecular weight is 619 g/mol. The van der Waals surface area contributed by atoms with Crippen molar-refractivity contribution in [1.82, 2.24) is 14.5 Å². The Morgan fingerprint density at radius 1 is 1.07 bits per heavy atom. The molecule has 6 nitrogen and oxygen atoms in total. The zero-order valence-electron chi connectivity index (χ0n) is 24.4. The molecule has 0 bridgehead atoms. The van der Waals surface area contributed by atoms with Gasteiger partial charge in [0.1, 0.15) is 18.5 Å². The number of halogens is 2. The number of nitrogens with zero attached hydrogens (tertiary/aromatic N) is 3. The molecule has 224 valence electrons. The van der Waals surface area contributed by atoms with Crippen LogP contribution >= 0.6 is 23.2 Å². The lowest BCUT2D eigenvalue weighted by molar-refractivity contribution is -0.189. The molecule has 8 heteroatoms. The van der Waals surface area contributed by atoms with Crippen molar-refractivity contribution < 1.29 is 14.2 Å². The van der Waals surface area contributed by atoms with Crippen molar-refractivity contribution in [2.45, 2.75) is 51.2 Å². The largest absolute Gasteiger partial charge is 0.491 e. The van der Waals surface area contributed by atoms with Gasteiger partial charge in [-0.15, -0.1) is 0 Å². The maximum Gasteiger partial charge on any atom is 0.215 e. The van der Waals surface area contributed by atoms with Crippen LogP contribution in [-0.4, -0.2) is 46.9 Å². The predicted octanol–water partition coefficient (Wildman–Crippen LogP) is 7.56. The molecule has 3 aromatic carbocycles. The van der Waals surface area contributed by atoms with Gasteiger partial charge in [0.2, 0.25) is 5.79 Å². The fourth-order valence-electron chi connectivity index (χ4n) is 5.82. The summed E-state index contributed by atoms with van der Waals surface area (Å²) >= 11 is 12.8. The van der Waals surface area contributed by atoms with Gasteiger partial charge < -0.3 is 18.8 Å². The van der Waals surface area contributed by atoms with Crippen molar-refractivity contribution in [2.24, 2.45) is 0 Å². The lowest BCUT2D eigenvalue weighted by Crippen LogP contribution is -2.34. The summed E-state index contributed by atoms with van der Waals surface area (Å²) in [6.45, 7) is 6.26. The highest BCUT2D eigenvalue weighted by Crippen LogP contribution is 2.40. The minimum absolute atomic E-state index is 0.267. The van der Waals surface area contributed by atoms with E-state index in [1.807, 2.05) is 16.8 Å². The number of benzene rings is 3. The van der Waals surface area contributed by atoms with Crippen molar-refractivity contribution in [2.75, 3.05) is 26.3 Å². The van der Waals surface area contributed by atoms with E-state index < -0.39 is 5.79 Å². The molecule has 0 aliphatic carbocycles. The topological polar surface area (TPSA) is 48.8 Å². The van der Waals surface area contributed by atoms with Gasteiger partial charge in [-0.05, 0) is 59.4 Å². The van der Waals surface area contributed by atoms with Crippen LogP contribution in [0.25, 0.3) is 6.08 Å². The van der Waals surface area contributed by atoms with Crippen molar-refractivity contribution in [3.05, 3.63) is 123 Å². The van der Waals surface area contributed by atoms with Crippen LogP contribution < -0.4 is 4.74 Å². The third-order valence-corrected chi connectivity index (χ3v) is 8.60. The zero-order valence-corrected chi connectivity index (χ0v) is 25.9. The Balaban J connectivity index is 1.04. The van der Waals surface area contributed by atoms with E-state index in [1.54, 1.807) is 24.7 Å². The molecule has 2 atom stereocenters. The maximum absolute atomic E-state index is 6.60. The maximum atomic E-state index is 6.60. The van der Waals surface area contributed by atoms with E-state index in [0.717, 1.165) is 43.8 Å². The first-order valence-corrected chi connectivity index (χ1v) is 15.7. The first kappa shape index (κ1) is 29.9. The average Bonchev–Trinajstić information content (AvgIpc) is 3.67. The van der Waals surface area contributed by atoms with E-state index in [4.69, 9.17) is 37.4 Å². The van der Waals surface area contributed by atoms with Crippen LogP contribution in [0.5, 0.6) is 5.75 Å². The van der Waals surface area contributed by atoms with Crippen LogP contribution in [0.15, 0.2) is 85.5 Å². The third-order valence-electron chi connectivity index (χ3n) is 8.05. The summed E-state index contributed by atoms with van der Waals surface area (Å²) in [5.41, 5.74) is 6.09. The quantitative estimate of drug-likeness (QED) is 0.174. The number of aryl methyl sites for hydroxylation is 1. The smallest absolute Gasteiger partial charge is 0.215 e. The predicted molar refractivity (Wildman–Crippen MR) is 172 cm³/mol. The lowest BCUT2D eigenvalue weighted by atomic mass is 9.99. The van der Waals surface area contributed by atoms with Gasteiger partial charge in [-0.25, -0.2) is 4.98 Å². The van der Waals surface area contributed by atoms with Gasteiger partial charge in [-0.1, -0.05) is 85.1 Å². The van der Waals surface area contributed by atoms with E-state index in [1.165, 1.54) is 28.7 Å². The molecule has 0 unspecified atom stereocenters. The monoisotopic (exact) mass is 617 g/mol. The van der Waals surface area contributed by atoms with Crippen LogP contribution in [-0.2, 0) is 41.2 Å². The number of ether oxygens (including phenoxy) is 3. The molecule has 2 aliphatic rings. The standard InChI is InChI=1S/C35H37Cl2N3O3/c1-2-4-26-6-8-27(9-7-26)5-3-16-39-17-14-28-19-31(12-10-29(28)21-39)41-22-32-23-42-35(43-32,24-40-18-15-38-25-40)33-13-11-30(36)20-34(33)37/h3,5-13,15,18-20,25,32H,2,4,14,16-17,21-24H2,1H3/t32-,35-/m0/s1. The van der Waals surface area contributed by atoms with Gasteiger partial charge >= 0.3 is 0 Å². The van der Waals surface area contributed by atoms with Crippen LogP contribution in [0.2, 0.25) is 10.0 Å². The van der Waals surface area contributed by atoms with E-state index >= 15 is 0 Å². The minimum Gasteiger partial charge on any atom is -0.491 e. The molecule has 0 radical (unpaired) electrons. The van der Waals surface area contributed by atoms with Crippen molar-refractivity contribution in [3.8, 4) is 5.75 Å². The summed E-state index contributed by atoms with van der Waals surface area (Å²) < 4.78 is 21.0. The van der Waals surface area contributed by atoms with Crippen LogP contribution in [0, 0.1) is 0 Å². The number of hydrogen-bond donors (Lipinski definition) is 0. The molecule has 1 aromatic heterocycles. The highest BCUT2D eigenvalue weighted by molar-refractivity contribution is 6.35. The lowest BCUT2D eigenvalue weighted by Gasteiger charge is -2.30. The Kier molecular flexibility index (Phi) is 9.51. The molecule has 0 N–H and O–H groups in total. The molecular weight excluding hydrogens is 581 g/mol. The molecule has 0 saturated carbocycles. The van der Waals surface area contributed by atoms with E-state index in [9.17, 15) is 0 Å². The molecule has 3 heterocycles. The first-order valence-electron chi connectivity index (χ1n) is 14.9. The number of imidazole rings is 1. The number of aromatic nitrogens is 2. The second-order valence-corrected chi connectivity index (χ2v) is 12.1. The highest BCUT2D eigenvalue weighted by atomic mass is 35.5. The van der Waals surface area contributed by atoms with Crippen molar-refractivity contribution >= 4 is 29.3 Å². The Hall–Kier alpha value is -3.13. The highest BCUT2D eigenvalue weighted by Gasteiger charge is 2.45.